The van der Waals surface area contributed by atoms with E-state index in [1.54, 1.807) is 20.8 Å². The van der Waals surface area contributed by atoms with Gasteiger partial charge in [-0.15, -0.1) is 0 Å². The second-order valence-corrected chi connectivity index (χ2v) is 13.3. The maximum Gasteiger partial charge on any atom is 0.410 e. The summed E-state index contributed by atoms with van der Waals surface area (Å²) in [5.41, 5.74) is -1.47. The molecule has 50 heavy (non-hydrogen) atoms. The van der Waals surface area contributed by atoms with E-state index in [4.69, 9.17) is 16.3 Å². The minimum atomic E-state index is -3.03. The number of carbonyl (C=O) groups is 4. The van der Waals surface area contributed by atoms with Crippen LogP contribution in [0.2, 0.25) is 5.02 Å². The molecule has 0 spiro atoms. The molecule has 2 aliphatic rings. The number of nitriles is 1. The molecule has 5 rings (SSSR count). The van der Waals surface area contributed by atoms with Crippen LogP contribution in [0, 0.1) is 23.0 Å². The lowest BCUT2D eigenvalue weighted by Crippen LogP contribution is -2.65. The maximum atomic E-state index is 15.0. The Balaban J connectivity index is 1.69. The van der Waals surface area contributed by atoms with Crippen LogP contribution in [-0.4, -0.2) is 70.4 Å². The first-order valence-electron chi connectivity index (χ1n) is 15.3. The first kappa shape index (κ1) is 36.1. The molecule has 1 saturated carbocycles. The van der Waals surface area contributed by atoms with E-state index in [0.717, 1.165) is 21.9 Å². The number of nitrogens with zero attached hydrogens (tertiary/aromatic N) is 5. The van der Waals surface area contributed by atoms with Crippen LogP contribution < -0.4 is 15.1 Å². The summed E-state index contributed by atoms with van der Waals surface area (Å²) < 4.78 is 62.7. The van der Waals surface area contributed by atoms with Crippen molar-refractivity contribution in [2.45, 2.75) is 63.3 Å². The van der Waals surface area contributed by atoms with E-state index in [1.807, 2.05) is 6.07 Å². The van der Waals surface area contributed by atoms with E-state index >= 15 is 4.79 Å². The number of amides is 4. The summed E-state index contributed by atoms with van der Waals surface area (Å²) in [6.07, 6.45) is -1.12. The Labute approximate surface area is 289 Å². The fourth-order valence-corrected chi connectivity index (χ4v) is 5.95. The molecule has 2 heterocycles. The summed E-state index contributed by atoms with van der Waals surface area (Å²) in [6, 6.07) is 7.75. The number of nitrogens with one attached hydrogen (secondary N) is 1. The number of pyridine rings is 1. The lowest BCUT2D eigenvalue weighted by atomic mass is 9.87. The molecule has 2 aromatic carbocycles. The Hall–Kier alpha value is -5.23. The monoisotopic (exact) mass is 714 g/mol. The second kappa shape index (κ2) is 13.9. The zero-order valence-corrected chi connectivity index (χ0v) is 27.8. The van der Waals surface area contributed by atoms with Crippen molar-refractivity contribution in [3.8, 4) is 6.07 Å². The number of hydrogen-bond donors (Lipinski definition) is 1. The summed E-state index contributed by atoms with van der Waals surface area (Å²) in [5.74, 6) is -8.47. The fourth-order valence-electron chi connectivity index (χ4n) is 5.71. The van der Waals surface area contributed by atoms with E-state index in [9.17, 15) is 37.2 Å². The van der Waals surface area contributed by atoms with Crippen LogP contribution >= 0.6 is 11.6 Å². The molecular weight excluding hydrogens is 684 g/mol. The quantitative estimate of drug-likeness (QED) is 0.318. The van der Waals surface area contributed by atoms with Crippen molar-refractivity contribution in [1.29, 1.82) is 5.26 Å². The van der Waals surface area contributed by atoms with Crippen molar-refractivity contribution in [2.75, 3.05) is 22.9 Å². The lowest BCUT2D eigenvalue weighted by Gasteiger charge is -2.43. The van der Waals surface area contributed by atoms with Crippen molar-refractivity contribution in [1.82, 2.24) is 15.2 Å². The summed E-state index contributed by atoms with van der Waals surface area (Å²) in [6.45, 7) is 3.63. The van der Waals surface area contributed by atoms with Crippen LogP contribution in [0.4, 0.5) is 33.9 Å². The number of piperazine rings is 1. The zero-order chi connectivity index (χ0) is 36.5. The number of benzene rings is 2. The SMILES string of the molecule is CC(C)(C)OC(=O)N1CC(=O)N(c2cc(C#N)ccn2)C(C(=O)N(c2cc(F)cc(F)c2)C(C(=O)NC2CC(F)(F)C2)c2ccccc2Cl)C1. The van der Waals surface area contributed by atoms with Gasteiger partial charge in [-0.05, 0) is 51.1 Å². The van der Waals surface area contributed by atoms with Gasteiger partial charge in [-0.3, -0.25) is 29.1 Å². The molecule has 16 heteroatoms. The van der Waals surface area contributed by atoms with Gasteiger partial charge in [-0.2, -0.15) is 5.26 Å². The summed E-state index contributed by atoms with van der Waals surface area (Å²) in [5, 5.41) is 12.0. The molecule has 2 fully saturated rings. The molecule has 0 radical (unpaired) electrons. The minimum Gasteiger partial charge on any atom is -0.444 e. The van der Waals surface area contributed by atoms with Crippen molar-refractivity contribution in [3.05, 3.63) is 88.6 Å². The molecule has 2 unspecified atom stereocenters. The molecule has 1 aromatic heterocycles. The highest BCUT2D eigenvalue weighted by molar-refractivity contribution is 6.31. The molecular formula is C34H31ClF4N6O5. The molecule has 3 aromatic rings. The van der Waals surface area contributed by atoms with Crippen LogP contribution in [0.1, 0.15) is 50.8 Å². The second-order valence-electron chi connectivity index (χ2n) is 12.9. The predicted octanol–water partition coefficient (Wildman–Crippen LogP) is 5.53. The Morgan fingerprint density at radius 3 is 2.36 bits per heavy atom. The number of rotatable bonds is 7. The molecule has 262 valence electrons. The molecule has 11 nitrogen and oxygen atoms in total. The molecule has 1 saturated heterocycles. The maximum absolute atomic E-state index is 15.0. The van der Waals surface area contributed by atoms with E-state index < -0.39 is 96.7 Å². The first-order chi connectivity index (χ1) is 23.5. The van der Waals surface area contributed by atoms with Gasteiger partial charge in [0.25, 0.3) is 11.8 Å². The van der Waals surface area contributed by atoms with Crippen molar-refractivity contribution in [2.24, 2.45) is 0 Å². The third-order valence-corrected chi connectivity index (χ3v) is 8.21. The van der Waals surface area contributed by atoms with Crippen molar-refractivity contribution >= 4 is 46.9 Å². The summed E-state index contributed by atoms with van der Waals surface area (Å²) in [7, 11) is 0. The van der Waals surface area contributed by atoms with Gasteiger partial charge in [-0.1, -0.05) is 29.8 Å². The highest BCUT2D eigenvalue weighted by Gasteiger charge is 2.49. The smallest absolute Gasteiger partial charge is 0.410 e. The average Bonchev–Trinajstić information content (AvgIpc) is 3.01. The minimum absolute atomic E-state index is 0.0435. The van der Waals surface area contributed by atoms with Gasteiger partial charge in [0.2, 0.25) is 11.8 Å². The van der Waals surface area contributed by atoms with Gasteiger partial charge in [0, 0.05) is 41.7 Å². The van der Waals surface area contributed by atoms with Crippen LogP contribution in [0.15, 0.2) is 60.8 Å². The molecule has 0 bridgehead atoms. The van der Waals surface area contributed by atoms with Crippen LogP contribution in [0.3, 0.4) is 0 Å². The Kier molecular flexibility index (Phi) is 10.1. The number of carbonyl (C=O) groups excluding carboxylic acids is 4. The van der Waals surface area contributed by atoms with Crippen LogP contribution in [0.5, 0.6) is 0 Å². The lowest BCUT2D eigenvalue weighted by molar-refractivity contribution is -0.133. The van der Waals surface area contributed by atoms with Gasteiger partial charge in [0.15, 0.2) is 0 Å². The predicted molar refractivity (Wildman–Crippen MR) is 172 cm³/mol. The number of alkyl halides is 2. The summed E-state index contributed by atoms with van der Waals surface area (Å²) >= 11 is 6.52. The van der Waals surface area contributed by atoms with Gasteiger partial charge < -0.3 is 10.1 Å². The first-order valence-corrected chi connectivity index (χ1v) is 15.7. The van der Waals surface area contributed by atoms with E-state index in [2.05, 4.69) is 10.3 Å². The van der Waals surface area contributed by atoms with Crippen molar-refractivity contribution in [3.63, 3.8) is 0 Å². The standard InChI is InChI=1S/C34H31ClF4N6O5/c1-33(2,3)50-32(49)43-17-26(45(28(46)18-43)27-10-19(16-40)8-9-41-27)31(48)44(23-12-20(36)11-21(37)13-23)29(24-6-4-5-7-25(24)35)30(47)42-22-14-34(38,39)15-22/h4-13,22,26,29H,14-15,17-18H2,1-3H3,(H,42,47). The zero-order valence-electron chi connectivity index (χ0n) is 27.0. The molecule has 1 aliphatic carbocycles. The molecule has 1 aliphatic heterocycles. The number of aromatic nitrogens is 1. The van der Waals surface area contributed by atoms with E-state index in [-0.39, 0.29) is 22.0 Å². The number of hydrogen-bond acceptors (Lipinski definition) is 7. The van der Waals surface area contributed by atoms with Crippen molar-refractivity contribution < 1.29 is 41.5 Å². The Morgan fingerprint density at radius 1 is 1.10 bits per heavy atom. The topological polar surface area (TPSA) is 136 Å². The third kappa shape index (κ3) is 7.97. The Morgan fingerprint density at radius 2 is 1.76 bits per heavy atom. The highest BCUT2D eigenvalue weighted by Crippen LogP contribution is 2.39. The van der Waals surface area contributed by atoms with E-state index in [0.29, 0.717) is 11.0 Å². The molecule has 1 N–H and O–H groups in total. The van der Waals surface area contributed by atoms with E-state index in [1.165, 1.54) is 42.6 Å². The van der Waals surface area contributed by atoms with Gasteiger partial charge in [0.05, 0.1) is 23.9 Å². The fraction of sp³-hybridized carbons (Fsp3) is 0.353. The molecule has 4 amide bonds. The molecule has 2 atom stereocenters. The Bertz CT molecular complexity index is 1850. The van der Waals surface area contributed by atoms with Gasteiger partial charge in [-0.25, -0.2) is 27.3 Å². The number of ether oxygens (including phenoxy) is 1. The van der Waals surface area contributed by atoms with Gasteiger partial charge in [0.1, 0.15) is 41.7 Å². The third-order valence-electron chi connectivity index (χ3n) is 7.86. The average molecular weight is 715 g/mol. The highest BCUT2D eigenvalue weighted by atomic mass is 35.5. The number of anilines is 2. The largest absolute Gasteiger partial charge is 0.444 e. The van der Waals surface area contributed by atoms with Gasteiger partial charge >= 0.3 is 6.09 Å². The normalized spacial score (nSPS) is 18.1. The van der Waals surface area contributed by atoms with Crippen LogP contribution in [-0.2, 0) is 19.1 Å². The number of halogens is 5. The summed E-state index contributed by atoms with van der Waals surface area (Å²) in [4.78, 5) is 62.9. The van der Waals surface area contributed by atoms with Crippen LogP contribution in [0.25, 0.3) is 0 Å².